The Kier molecular flexibility index (Phi) is 8.73. The molecule has 9 nitrogen and oxygen atoms in total. The number of amides is 1. The Bertz CT molecular complexity index is 1140. The summed E-state index contributed by atoms with van der Waals surface area (Å²) in [6, 6.07) is 14.1. The maximum absolute atomic E-state index is 12.8. The summed E-state index contributed by atoms with van der Waals surface area (Å²) in [4.78, 5) is 28.9. The number of sulfonamides is 1. The van der Waals surface area contributed by atoms with E-state index in [9.17, 15) is 18.0 Å². The third-order valence-corrected chi connectivity index (χ3v) is 8.39. The van der Waals surface area contributed by atoms with Crippen molar-refractivity contribution >= 4 is 21.9 Å². The number of carbonyl (C=O) groups is 2. The highest BCUT2D eigenvalue weighted by Crippen LogP contribution is 2.19. The average molecular weight is 516 g/mol. The van der Waals surface area contributed by atoms with Crippen molar-refractivity contribution in [2.75, 3.05) is 59.1 Å². The van der Waals surface area contributed by atoms with Crippen molar-refractivity contribution in [1.82, 2.24) is 14.1 Å². The van der Waals surface area contributed by atoms with Crippen molar-refractivity contribution in [3.05, 3.63) is 65.2 Å². The molecule has 0 aromatic heterocycles. The molecule has 36 heavy (non-hydrogen) atoms. The topological polar surface area (TPSA) is 96.5 Å². The zero-order valence-electron chi connectivity index (χ0n) is 20.6. The summed E-state index contributed by atoms with van der Waals surface area (Å²) in [5, 5.41) is 0. The van der Waals surface area contributed by atoms with E-state index in [1.165, 1.54) is 4.31 Å². The fourth-order valence-electron chi connectivity index (χ4n) is 4.36. The molecule has 2 heterocycles. The second-order valence-corrected chi connectivity index (χ2v) is 10.9. The number of nitrogens with zero attached hydrogens (tertiary/aromatic N) is 3. The number of benzene rings is 2. The lowest BCUT2D eigenvalue weighted by atomic mass is 10.0. The summed E-state index contributed by atoms with van der Waals surface area (Å²) in [6.07, 6.45) is -0.0547. The van der Waals surface area contributed by atoms with E-state index in [4.69, 9.17) is 9.47 Å². The van der Waals surface area contributed by atoms with Gasteiger partial charge in [-0.05, 0) is 30.2 Å². The van der Waals surface area contributed by atoms with Crippen molar-refractivity contribution in [3.63, 3.8) is 0 Å². The molecule has 10 heteroatoms. The van der Waals surface area contributed by atoms with Crippen LogP contribution in [0.3, 0.4) is 0 Å². The smallest absolute Gasteiger partial charge is 0.409 e. The SMILES string of the molecule is CCOC(=O)N1CCN(Cc2ccc(C(=O)Cc3ccc(S(=O)(=O)N4CCOCC4)cc3)cc2)CC1. The molecule has 0 spiro atoms. The highest BCUT2D eigenvalue weighted by atomic mass is 32.2. The molecule has 0 N–H and O–H groups in total. The van der Waals surface area contributed by atoms with Gasteiger partial charge < -0.3 is 14.4 Å². The van der Waals surface area contributed by atoms with Crippen molar-refractivity contribution in [3.8, 4) is 0 Å². The van der Waals surface area contributed by atoms with Crippen LogP contribution in [0.25, 0.3) is 0 Å². The highest BCUT2D eigenvalue weighted by molar-refractivity contribution is 7.89. The van der Waals surface area contributed by atoms with Gasteiger partial charge in [0.25, 0.3) is 0 Å². The Hall–Kier alpha value is -2.79. The third-order valence-electron chi connectivity index (χ3n) is 6.48. The van der Waals surface area contributed by atoms with Crippen molar-refractivity contribution in [2.24, 2.45) is 0 Å². The van der Waals surface area contributed by atoms with Crippen LogP contribution >= 0.6 is 0 Å². The molecule has 2 aliphatic heterocycles. The van der Waals surface area contributed by atoms with Crippen LogP contribution in [0, 0.1) is 0 Å². The molecule has 2 fully saturated rings. The zero-order chi connectivity index (χ0) is 25.5. The number of piperazine rings is 1. The number of hydrogen-bond acceptors (Lipinski definition) is 7. The van der Waals surface area contributed by atoms with Crippen LogP contribution in [0.2, 0.25) is 0 Å². The first-order valence-electron chi connectivity index (χ1n) is 12.3. The van der Waals surface area contributed by atoms with E-state index >= 15 is 0 Å². The van der Waals surface area contributed by atoms with Crippen LogP contribution in [0.4, 0.5) is 4.79 Å². The highest BCUT2D eigenvalue weighted by Gasteiger charge is 2.26. The van der Waals surface area contributed by atoms with Gasteiger partial charge in [-0.3, -0.25) is 9.69 Å². The molecule has 2 saturated heterocycles. The fraction of sp³-hybridized carbons (Fsp3) is 0.462. The van der Waals surface area contributed by atoms with Gasteiger partial charge in [0, 0.05) is 57.8 Å². The molecule has 4 rings (SSSR count). The van der Waals surface area contributed by atoms with Crippen LogP contribution in [0.15, 0.2) is 53.4 Å². The maximum Gasteiger partial charge on any atom is 0.409 e. The quantitative estimate of drug-likeness (QED) is 0.498. The van der Waals surface area contributed by atoms with Crippen LogP contribution in [0.5, 0.6) is 0 Å². The molecule has 0 saturated carbocycles. The van der Waals surface area contributed by atoms with E-state index in [2.05, 4.69) is 4.90 Å². The average Bonchev–Trinajstić information content (AvgIpc) is 2.90. The van der Waals surface area contributed by atoms with Crippen molar-refractivity contribution in [2.45, 2.75) is 24.8 Å². The zero-order valence-corrected chi connectivity index (χ0v) is 21.4. The monoisotopic (exact) mass is 515 g/mol. The number of carbonyl (C=O) groups excluding carboxylic acids is 2. The Labute approximate surface area is 212 Å². The molecule has 2 aromatic carbocycles. The lowest BCUT2D eigenvalue weighted by Gasteiger charge is -2.34. The van der Waals surface area contributed by atoms with Gasteiger partial charge in [-0.2, -0.15) is 4.31 Å². The van der Waals surface area contributed by atoms with Gasteiger partial charge in [-0.25, -0.2) is 13.2 Å². The third kappa shape index (κ3) is 6.50. The molecule has 0 atom stereocenters. The number of morpholine rings is 1. The number of ketones is 1. The van der Waals surface area contributed by atoms with E-state index in [0.29, 0.717) is 51.6 Å². The van der Waals surface area contributed by atoms with Crippen LogP contribution in [-0.2, 0) is 32.5 Å². The van der Waals surface area contributed by atoms with E-state index in [0.717, 1.165) is 30.8 Å². The minimum absolute atomic E-state index is 0.0200. The molecule has 0 radical (unpaired) electrons. The predicted octanol–water partition coefficient (Wildman–Crippen LogP) is 2.41. The van der Waals surface area contributed by atoms with Crippen LogP contribution < -0.4 is 0 Å². The number of Topliss-reactive ketones (excluding diaryl/α,β-unsaturated/α-hetero) is 1. The number of ether oxygens (including phenoxy) is 2. The predicted molar refractivity (Wildman–Crippen MR) is 134 cm³/mol. The van der Waals surface area contributed by atoms with Gasteiger partial charge in [0.05, 0.1) is 24.7 Å². The molecular weight excluding hydrogens is 482 g/mol. The van der Waals surface area contributed by atoms with Crippen molar-refractivity contribution < 1.29 is 27.5 Å². The molecule has 2 aliphatic rings. The summed E-state index contributed by atoms with van der Waals surface area (Å²) in [6.45, 7) is 7.27. The van der Waals surface area contributed by atoms with Gasteiger partial charge in [0.1, 0.15) is 0 Å². The largest absolute Gasteiger partial charge is 0.450 e. The number of hydrogen-bond donors (Lipinski definition) is 0. The van der Waals surface area contributed by atoms with Gasteiger partial charge in [-0.15, -0.1) is 0 Å². The summed E-state index contributed by atoms with van der Waals surface area (Å²) in [5.41, 5.74) is 2.49. The Morgan fingerprint density at radius 2 is 1.47 bits per heavy atom. The maximum atomic E-state index is 12.8. The van der Waals surface area contributed by atoms with Gasteiger partial charge in [0.15, 0.2) is 5.78 Å². The fourth-order valence-corrected chi connectivity index (χ4v) is 5.77. The van der Waals surface area contributed by atoms with E-state index < -0.39 is 10.0 Å². The summed E-state index contributed by atoms with van der Waals surface area (Å²) in [5.74, 6) is -0.0200. The van der Waals surface area contributed by atoms with Crippen LogP contribution in [-0.4, -0.2) is 93.5 Å². The van der Waals surface area contributed by atoms with E-state index in [1.54, 1.807) is 36.1 Å². The molecule has 0 unspecified atom stereocenters. The van der Waals surface area contributed by atoms with Crippen LogP contribution in [0.1, 0.15) is 28.4 Å². The Morgan fingerprint density at radius 1 is 0.861 bits per heavy atom. The summed E-state index contributed by atoms with van der Waals surface area (Å²) < 4.78 is 37.3. The normalized spacial score (nSPS) is 17.6. The van der Waals surface area contributed by atoms with Crippen molar-refractivity contribution in [1.29, 1.82) is 0 Å². The Balaban J connectivity index is 1.29. The number of rotatable bonds is 8. The van der Waals surface area contributed by atoms with Gasteiger partial charge in [-0.1, -0.05) is 36.4 Å². The van der Waals surface area contributed by atoms with E-state index in [1.807, 2.05) is 24.3 Å². The molecule has 1 amide bonds. The second kappa shape index (κ2) is 12.0. The summed E-state index contributed by atoms with van der Waals surface area (Å²) >= 11 is 0. The first kappa shape index (κ1) is 26.3. The molecule has 0 bridgehead atoms. The lowest BCUT2D eigenvalue weighted by Crippen LogP contribution is -2.48. The minimum Gasteiger partial charge on any atom is -0.450 e. The first-order valence-corrected chi connectivity index (χ1v) is 13.7. The minimum atomic E-state index is -3.55. The standard InChI is InChI=1S/C26H33N3O6S/c1-2-35-26(31)28-13-11-27(12-14-28)20-22-3-7-23(8-4-22)25(30)19-21-5-9-24(10-6-21)36(32,33)29-15-17-34-18-16-29/h3-10H,2,11-20H2,1H3. The molecule has 0 aliphatic carbocycles. The first-order chi connectivity index (χ1) is 17.4. The second-order valence-electron chi connectivity index (χ2n) is 8.92. The Morgan fingerprint density at radius 3 is 2.08 bits per heavy atom. The van der Waals surface area contributed by atoms with Gasteiger partial charge in [0.2, 0.25) is 10.0 Å². The lowest BCUT2D eigenvalue weighted by molar-refractivity contribution is 0.0730. The molecule has 2 aromatic rings. The van der Waals surface area contributed by atoms with Gasteiger partial charge >= 0.3 is 6.09 Å². The molecule has 194 valence electrons. The molecular formula is C26H33N3O6S. The van der Waals surface area contributed by atoms with E-state index in [-0.39, 0.29) is 23.2 Å². The summed E-state index contributed by atoms with van der Waals surface area (Å²) in [7, 11) is -3.55.